The second kappa shape index (κ2) is 7.68. The fraction of sp³-hybridized carbons (Fsp3) is 0.667. The summed E-state index contributed by atoms with van der Waals surface area (Å²) in [4.78, 5) is 6.34. The number of rotatable bonds is 3. The smallest absolute Gasteiger partial charge is 0.191 e. The topological polar surface area (TPSA) is 76.9 Å². The van der Waals surface area contributed by atoms with Crippen molar-refractivity contribution >= 4 is 29.9 Å². The standard InChI is InChI=1S/C12H20N4O2.HI/c1-9(2)11-7-10(18-15-11)8-14-12(13)16-3-5-17-6-4-16;/h7,9H,3-6,8H2,1-2H3,(H2,13,14);1H. The number of ether oxygens (including phenoxy) is 1. The zero-order valence-electron chi connectivity index (χ0n) is 11.3. The minimum absolute atomic E-state index is 0. The molecule has 0 spiro atoms. The molecule has 2 heterocycles. The first-order valence-electron chi connectivity index (χ1n) is 6.25. The van der Waals surface area contributed by atoms with Crippen molar-refractivity contribution in [1.29, 1.82) is 0 Å². The molecular formula is C12H21IN4O2. The SMILES string of the molecule is CC(C)c1cc(CN=C(N)N2CCOCC2)on1.I. The Morgan fingerprint density at radius 2 is 2.16 bits per heavy atom. The zero-order valence-corrected chi connectivity index (χ0v) is 13.7. The molecule has 0 unspecified atom stereocenters. The highest BCUT2D eigenvalue weighted by molar-refractivity contribution is 14.0. The molecular weight excluding hydrogens is 359 g/mol. The summed E-state index contributed by atoms with van der Waals surface area (Å²) in [5, 5.41) is 3.99. The van der Waals surface area contributed by atoms with Crippen molar-refractivity contribution in [2.45, 2.75) is 26.3 Å². The van der Waals surface area contributed by atoms with E-state index in [4.69, 9.17) is 15.0 Å². The molecule has 0 atom stereocenters. The van der Waals surface area contributed by atoms with Crippen LogP contribution in [-0.2, 0) is 11.3 Å². The minimum Gasteiger partial charge on any atom is -0.378 e. The Hall–Kier alpha value is -0.830. The third kappa shape index (κ3) is 4.64. The van der Waals surface area contributed by atoms with E-state index >= 15 is 0 Å². The molecule has 1 saturated heterocycles. The van der Waals surface area contributed by atoms with Crippen LogP contribution in [0.4, 0.5) is 0 Å². The van der Waals surface area contributed by atoms with Gasteiger partial charge in [0.15, 0.2) is 11.7 Å². The van der Waals surface area contributed by atoms with Crippen molar-refractivity contribution in [1.82, 2.24) is 10.1 Å². The number of hydrogen-bond donors (Lipinski definition) is 1. The summed E-state index contributed by atoms with van der Waals surface area (Å²) < 4.78 is 10.5. The van der Waals surface area contributed by atoms with Crippen LogP contribution < -0.4 is 5.73 Å². The van der Waals surface area contributed by atoms with Gasteiger partial charge in [0, 0.05) is 19.2 Å². The predicted octanol–water partition coefficient (Wildman–Crippen LogP) is 1.56. The van der Waals surface area contributed by atoms with Crippen LogP contribution in [0.15, 0.2) is 15.6 Å². The highest BCUT2D eigenvalue weighted by Gasteiger charge is 2.12. The zero-order chi connectivity index (χ0) is 13.0. The predicted molar refractivity (Wildman–Crippen MR) is 83.7 cm³/mol. The molecule has 0 radical (unpaired) electrons. The fourth-order valence-electron chi connectivity index (χ4n) is 1.73. The molecule has 2 rings (SSSR count). The lowest BCUT2D eigenvalue weighted by Crippen LogP contribution is -2.44. The van der Waals surface area contributed by atoms with Gasteiger partial charge in [-0.3, -0.25) is 0 Å². The Bertz CT molecular complexity index is 414. The van der Waals surface area contributed by atoms with Gasteiger partial charge in [-0.25, -0.2) is 4.99 Å². The van der Waals surface area contributed by atoms with E-state index in [0.29, 0.717) is 31.6 Å². The fourth-order valence-corrected chi connectivity index (χ4v) is 1.73. The maximum Gasteiger partial charge on any atom is 0.191 e. The van der Waals surface area contributed by atoms with E-state index in [2.05, 4.69) is 24.0 Å². The van der Waals surface area contributed by atoms with E-state index in [9.17, 15) is 0 Å². The first kappa shape index (κ1) is 16.2. The Morgan fingerprint density at radius 1 is 1.47 bits per heavy atom. The van der Waals surface area contributed by atoms with Gasteiger partial charge in [-0.1, -0.05) is 19.0 Å². The van der Waals surface area contributed by atoms with E-state index in [-0.39, 0.29) is 24.0 Å². The molecule has 0 aliphatic carbocycles. The van der Waals surface area contributed by atoms with Crippen molar-refractivity contribution in [3.05, 3.63) is 17.5 Å². The molecule has 0 bridgehead atoms. The molecule has 1 aliphatic rings. The molecule has 2 N–H and O–H groups in total. The molecule has 19 heavy (non-hydrogen) atoms. The maximum atomic E-state index is 5.92. The molecule has 6 nitrogen and oxygen atoms in total. The van der Waals surface area contributed by atoms with Gasteiger partial charge < -0.3 is 19.9 Å². The Kier molecular flexibility index (Phi) is 6.56. The largest absolute Gasteiger partial charge is 0.378 e. The molecule has 108 valence electrons. The molecule has 0 amide bonds. The van der Waals surface area contributed by atoms with E-state index < -0.39 is 0 Å². The number of nitrogens with zero attached hydrogens (tertiary/aromatic N) is 3. The van der Waals surface area contributed by atoms with Crippen molar-refractivity contribution in [2.75, 3.05) is 26.3 Å². The second-order valence-corrected chi connectivity index (χ2v) is 4.65. The molecule has 1 aromatic rings. The van der Waals surface area contributed by atoms with Gasteiger partial charge in [-0.05, 0) is 5.92 Å². The van der Waals surface area contributed by atoms with Gasteiger partial charge in [0.05, 0.1) is 18.9 Å². The monoisotopic (exact) mass is 380 g/mol. The third-order valence-corrected chi connectivity index (χ3v) is 2.90. The number of morpholine rings is 1. The van der Waals surface area contributed by atoms with Crippen LogP contribution in [0.3, 0.4) is 0 Å². The van der Waals surface area contributed by atoms with Gasteiger partial charge in [0.1, 0.15) is 6.54 Å². The van der Waals surface area contributed by atoms with Crippen LogP contribution in [0.25, 0.3) is 0 Å². The summed E-state index contributed by atoms with van der Waals surface area (Å²) in [5.41, 5.74) is 6.87. The summed E-state index contributed by atoms with van der Waals surface area (Å²) in [6.07, 6.45) is 0. The molecule has 1 fully saturated rings. The number of hydrogen-bond acceptors (Lipinski definition) is 4. The van der Waals surface area contributed by atoms with E-state index in [0.717, 1.165) is 24.5 Å². The van der Waals surface area contributed by atoms with Crippen LogP contribution in [0.5, 0.6) is 0 Å². The van der Waals surface area contributed by atoms with Crippen molar-refractivity contribution in [3.8, 4) is 0 Å². The quantitative estimate of drug-likeness (QED) is 0.489. The van der Waals surface area contributed by atoms with Crippen molar-refractivity contribution in [2.24, 2.45) is 10.7 Å². The summed E-state index contributed by atoms with van der Waals surface area (Å²) >= 11 is 0. The van der Waals surface area contributed by atoms with Crippen LogP contribution in [-0.4, -0.2) is 42.3 Å². The van der Waals surface area contributed by atoms with E-state index in [1.807, 2.05) is 11.0 Å². The average Bonchev–Trinajstić information content (AvgIpc) is 2.86. The lowest BCUT2D eigenvalue weighted by Gasteiger charge is -2.27. The van der Waals surface area contributed by atoms with Crippen LogP contribution in [0, 0.1) is 0 Å². The maximum absolute atomic E-state index is 5.92. The highest BCUT2D eigenvalue weighted by atomic mass is 127. The summed E-state index contributed by atoms with van der Waals surface area (Å²) in [7, 11) is 0. The number of aliphatic imine (C=N–C) groups is 1. The van der Waals surface area contributed by atoms with Crippen LogP contribution in [0.1, 0.15) is 31.2 Å². The second-order valence-electron chi connectivity index (χ2n) is 4.65. The Morgan fingerprint density at radius 3 is 2.74 bits per heavy atom. The van der Waals surface area contributed by atoms with Crippen LogP contribution >= 0.6 is 24.0 Å². The van der Waals surface area contributed by atoms with E-state index in [1.165, 1.54) is 0 Å². The third-order valence-electron chi connectivity index (χ3n) is 2.90. The highest BCUT2D eigenvalue weighted by Crippen LogP contribution is 2.14. The summed E-state index contributed by atoms with van der Waals surface area (Å²) in [5.74, 6) is 1.65. The van der Waals surface area contributed by atoms with Crippen molar-refractivity contribution < 1.29 is 9.26 Å². The summed E-state index contributed by atoms with van der Waals surface area (Å²) in [6.45, 7) is 7.58. The number of aromatic nitrogens is 1. The van der Waals surface area contributed by atoms with Gasteiger partial charge in [0.25, 0.3) is 0 Å². The molecule has 1 aliphatic heterocycles. The number of nitrogens with two attached hydrogens (primary N) is 1. The number of guanidine groups is 1. The van der Waals surface area contributed by atoms with Crippen molar-refractivity contribution in [3.63, 3.8) is 0 Å². The Labute approximate surface area is 130 Å². The molecule has 7 heteroatoms. The van der Waals surface area contributed by atoms with Gasteiger partial charge in [-0.2, -0.15) is 0 Å². The minimum atomic E-state index is 0. The lowest BCUT2D eigenvalue weighted by atomic mass is 10.1. The van der Waals surface area contributed by atoms with Gasteiger partial charge in [0.2, 0.25) is 0 Å². The Balaban J connectivity index is 0.00000180. The summed E-state index contributed by atoms with van der Waals surface area (Å²) in [6, 6.07) is 1.93. The first-order chi connectivity index (χ1) is 8.66. The van der Waals surface area contributed by atoms with E-state index in [1.54, 1.807) is 0 Å². The first-order valence-corrected chi connectivity index (χ1v) is 6.25. The average molecular weight is 380 g/mol. The number of halogens is 1. The lowest BCUT2D eigenvalue weighted by molar-refractivity contribution is 0.0674. The molecule has 0 aromatic carbocycles. The van der Waals surface area contributed by atoms with Gasteiger partial charge in [-0.15, -0.1) is 24.0 Å². The van der Waals surface area contributed by atoms with Gasteiger partial charge >= 0.3 is 0 Å². The molecule has 0 saturated carbocycles. The molecule has 1 aromatic heterocycles. The van der Waals surface area contributed by atoms with Crippen LogP contribution in [0.2, 0.25) is 0 Å². The normalized spacial score (nSPS) is 16.6.